The van der Waals surface area contributed by atoms with Gasteiger partial charge in [0.25, 0.3) is 10.0 Å². The van der Waals surface area contributed by atoms with Gasteiger partial charge < -0.3 is 10.1 Å². The first-order valence-corrected chi connectivity index (χ1v) is 9.66. The normalized spacial score (nSPS) is 11.7. The molecular weight excluding hydrogens is 399 g/mol. The number of nitrogens with zero attached hydrogens (tertiary/aromatic N) is 1. The van der Waals surface area contributed by atoms with Crippen molar-refractivity contribution in [2.75, 3.05) is 10.8 Å². The molecule has 0 radical (unpaired) electrons. The van der Waals surface area contributed by atoms with Crippen LogP contribution in [0.1, 0.15) is 5.69 Å². The molecule has 3 rings (SSSR count). The van der Waals surface area contributed by atoms with E-state index in [1.807, 2.05) is 13.0 Å². The minimum absolute atomic E-state index is 0.142. The van der Waals surface area contributed by atoms with Crippen LogP contribution >= 0.6 is 23.2 Å². The molecule has 0 spiro atoms. The van der Waals surface area contributed by atoms with Crippen LogP contribution in [0.5, 0.6) is 0 Å². The van der Waals surface area contributed by atoms with Crippen LogP contribution in [0.4, 0.5) is 5.69 Å². The summed E-state index contributed by atoms with van der Waals surface area (Å²) in [5.74, 6) is -1.29. The van der Waals surface area contributed by atoms with Crippen molar-refractivity contribution in [3.05, 3.63) is 58.2 Å². The number of aryl methyl sites for hydroxylation is 1. The third-order valence-corrected chi connectivity index (χ3v) is 5.92. The van der Waals surface area contributed by atoms with Gasteiger partial charge in [-0.25, -0.2) is 8.42 Å². The maximum Gasteiger partial charge on any atom is 0.324 e. The van der Waals surface area contributed by atoms with Crippen molar-refractivity contribution in [1.82, 2.24) is 4.98 Å². The summed E-state index contributed by atoms with van der Waals surface area (Å²) in [6, 6.07) is 10.6. The third kappa shape index (κ3) is 3.65. The summed E-state index contributed by atoms with van der Waals surface area (Å²) in [6.07, 6.45) is 0. The number of nitrogens with one attached hydrogen (secondary N) is 1. The minimum Gasteiger partial charge on any atom is -0.480 e. The molecule has 0 saturated heterocycles. The quantitative estimate of drug-likeness (QED) is 0.660. The first-order valence-electron chi connectivity index (χ1n) is 7.47. The maximum atomic E-state index is 13.1. The minimum atomic E-state index is -4.18. The highest BCUT2D eigenvalue weighted by molar-refractivity contribution is 7.92. The lowest BCUT2D eigenvalue weighted by Crippen LogP contribution is -2.35. The number of halogens is 2. The number of carbonyl (C=O) groups is 1. The van der Waals surface area contributed by atoms with Gasteiger partial charge in [0, 0.05) is 26.6 Å². The van der Waals surface area contributed by atoms with Crippen molar-refractivity contribution in [3.63, 3.8) is 0 Å². The topological polar surface area (TPSA) is 90.5 Å². The van der Waals surface area contributed by atoms with Gasteiger partial charge in [0.05, 0.1) is 10.6 Å². The molecule has 6 nitrogen and oxygen atoms in total. The largest absolute Gasteiger partial charge is 0.480 e. The van der Waals surface area contributed by atoms with Crippen molar-refractivity contribution < 1.29 is 18.3 Å². The Bertz CT molecular complexity index is 1090. The molecule has 2 N–H and O–H groups in total. The Balaban J connectivity index is 2.15. The number of rotatable bonds is 5. The van der Waals surface area contributed by atoms with Crippen LogP contribution in [0.15, 0.2) is 47.4 Å². The fraction of sp³-hybridized carbons (Fsp3) is 0.118. The molecule has 0 aliphatic heterocycles. The summed E-state index contributed by atoms with van der Waals surface area (Å²) >= 11 is 11.8. The van der Waals surface area contributed by atoms with Crippen molar-refractivity contribution in [3.8, 4) is 0 Å². The molecule has 0 unspecified atom stereocenters. The number of aromatic nitrogens is 1. The van der Waals surface area contributed by atoms with Crippen molar-refractivity contribution in [2.45, 2.75) is 11.8 Å². The number of aromatic amines is 1. The molecule has 1 aromatic heterocycles. The summed E-state index contributed by atoms with van der Waals surface area (Å²) in [4.78, 5) is 14.3. The van der Waals surface area contributed by atoms with Crippen LogP contribution in [0.2, 0.25) is 10.0 Å². The number of hydrogen-bond acceptors (Lipinski definition) is 3. The summed E-state index contributed by atoms with van der Waals surface area (Å²) in [6.45, 7) is 1.14. The molecule has 1 heterocycles. The van der Waals surface area contributed by atoms with Crippen molar-refractivity contribution >= 4 is 55.8 Å². The molecule has 0 aliphatic carbocycles. The zero-order chi connectivity index (χ0) is 19.1. The summed E-state index contributed by atoms with van der Waals surface area (Å²) in [5.41, 5.74) is 1.96. The van der Waals surface area contributed by atoms with Crippen LogP contribution in [0, 0.1) is 6.92 Å². The van der Waals surface area contributed by atoms with Gasteiger partial charge in [-0.2, -0.15) is 0 Å². The second kappa shape index (κ2) is 6.83. The predicted octanol–water partition coefficient (Wildman–Crippen LogP) is 4.06. The van der Waals surface area contributed by atoms with E-state index in [4.69, 9.17) is 23.2 Å². The monoisotopic (exact) mass is 412 g/mol. The van der Waals surface area contributed by atoms with Crippen LogP contribution in [-0.4, -0.2) is 31.0 Å². The Morgan fingerprint density at radius 1 is 1.12 bits per heavy atom. The Morgan fingerprint density at radius 3 is 2.38 bits per heavy atom. The van der Waals surface area contributed by atoms with E-state index in [1.54, 1.807) is 18.2 Å². The van der Waals surface area contributed by atoms with Crippen LogP contribution in [0.25, 0.3) is 10.9 Å². The fourth-order valence-electron chi connectivity index (χ4n) is 2.66. The number of aliphatic carboxylic acids is 1. The molecule has 9 heteroatoms. The fourth-order valence-corrected chi connectivity index (χ4v) is 4.80. The predicted molar refractivity (Wildman–Crippen MR) is 102 cm³/mol. The number of carboxylic acid groups (broad SMARTS) is 1. The van der Waals surface area contributed by atoms with E-state index in [-0.39, 0.29) is 20.6 Å². The zero-order valence-electron chi connectivity index (χ0n) is 13.5. The summed E-state index contributed by atoms with van der Waals surface area (Å²) in [5, 5.41) is 10.3. The van der Waals surface area contributed by atoms with E-state index >= 15 is 0 Å². The lowest BCUT2D eigenvalue weighted by Gasteiger charge is -2.23. The Morgan fingerprint density at radius 2 is 1.77 bits per heavy atom. The van der Waals surface area contributed by atoms with Gasteiger partial charge in [-0.15, -0.1) is 0 Å². The van der Waals surface area contributed by atoms with Gasteiger partial charge in [0.1, 0.15) is 6.54 Å². The second-order valence-corrected chi connectivity index (χ2v) is 8.47. The molecular formula is C17H14Cl2N2O4S. The number of hydrogen-bond donors (Lipinski definition) is 2. The van der Waals surface area contributed by atoms with E-state index in [0.717, 1.165) is 20.9 Å². The van der Waals surface area contributed by atoms with Crippen LogP contribution < -0.4 is 4.31 Å². The average Bonchev–Trinajstić information content (AvgIpc) is 2.90. The van der Waals surface area contributed by atoms with Gasteiger partial charge in [-0.05, 0) is 49.4 Å². The number of benzene rings is 2. The third-order valence-electron chi connectivity index (χ3n) is 3.73. The summed E-state index contributed by atoms with van der Waals surface area (Å²) < 4.78 is 26.9. The standard InChI is InChI=1S/C17H14Cl2N2O4S/c1-10-4-11-5-14(2-3-16(11)20-10)21(9-17(22)23)26(24,25)15-7-12(18)6-13(19)8-15/h2-8,20H,9H2,1H3,(H,22,23). The highest BCUT2D eigenvalue weighted by atomic mass is 35.5. The lowest BCUT2D eigenvalue weighted by molar-refractivity contribution is -0.135. The molecule has 26 heavy (non-hydrogen) atoms. The molecule has 0 amide bonds. The highest BCUT2D eigenvalue weighted by Gasteiger charge is 2.28. The Hall–Kier alpha value is -2.22. The molecule has 0 aliphatic rings. The number of anilines is 1. The van der Waals surface area contributed by atoms with E-state index in [1.165, 1.54) is 18.2 Å². The van der Waals surface area contributed by atoms with Crippen molar-refractivity contribution in [1.29, 1.82) is 0 Å². The summed E-state index contributed by atoms with van der Waals surface area (Å²) in [7, 11) is -4.18. The molecule has 3 aromatic rings. The van der Waals surface area contributed by atoms with Crippen LogP contribution in [-0.2, 0) is 14.8 Å². The van der Waals surface area contributed by atoms with E-state index in [2.05, 4.69) is 4.98 Å². The van der Waals surface area contributed by atoms with E-state index in [0.29, 0.717) is 0 Å². The molecule has 0 saturated carbocycles. The first kappa shape index (κ1) is 18.6. The van der Waals surface area contributed by atoms with Gasteiger partial charge in [0.2, 0.25) is 0 Å². The lowest BCUT2D eigenvalue weighted by atomic mass is 10.2. The maximum absolute atomic E-state index is 13.1. The van der Waals surface area contributed by atoms with Gasteiger partial charge in [0.15, 0.2) is 0 Å². The molecule has 2 aromatic carbocycles. The second-order valence-electron chi connectivity index (χ2n) is 5.73. The van der Waals surface area contributed by atoms with Gasteiger partial charge in [-0.3, -0.25) is 9.10 Å². The van der Waals surface area contributed by atoms with Gasteiger partial charge in [-0.1, -0.05) is 23.2 Å². The smallest absolute Gasteiger partial charge is 0.324 e. The molecule has 136 valence electrons. The Labute approximate surface area is 160 Å². The van der Waals surface area contributed by atoms with Crippen molar-refractivity contribution in [2.24, 2.45) is 0 Å². The van der Waals surface area contributed by atoms with E-state index in [9.17, 15) is 18.3 Å². The number of carboxylic acids is 1. The first-order chi connectivity index (χ1) is 12.2. The number of H-pyrrole nitrogens is 1. The molecule has 0 bridgehead atoms. The number of sulfonamides is 1. The SMILES string of the molecule is Cc1cc2cc(N(CC(=O)O)S(=O)(=O)c3cc(Cl)cc(Cl)c3)ccc2[nH]1. The van der Waals surface area contributed by atoms with Gasteiger partial charge >= 0.3 is 5.97 Å². The molecule has 0 fully saturated rings. The zero-order valence-corrected chi connectivity index (χ0v) is 15.9. The average molecular weight is 413 g/mol. The number of fused-ring (bicyclic) bond motifs is 1. The molecule has 0 atom stereocenters. The van der Waals surface area contributed by atoms with E-state index < -0.39 is 22.5 Å². The van der Waals surface area contributed by atoms with Crippen LogP contribution in [0.3, 0.4) is 0 Å². The Kier molecular flexibility index (Phi) is 4.88. The highest BCUT2D eigenvalue weighted by Crippen LogP contribution is 2.30.